The van der Waals surface area contributed by atoms with Crippen molar-refractivity contribution < 1.29 is 23.6 Å². The first-order valence-electron chi connectivity index (χ1n) is 12.4. The van der Waals surface area contributed by atoms with Crippen LogP contribution in [-0.4, -0.2) is 23.0 Å². The number of unbranched alkanes of at least 4 members (excludes halogenated alkanes) is 9. The fourth-order valence-corrected chi connectivity index (χ4v) is 4.55. The van der Waals surface area contributed by atoms with Gasteiger partial charge in [0.1, 0.15) is 5.75 Å². The van der Waals surface area contributed by atoms with Crippen LogP contribution in [0.5, 0.6) is 5.75 Å². The van der Waals surface area contributed by atoms with Crippen molar-refractivity contribution in [2.75, 3.05) is 13.2 Å². The Morgan fingerprint density at radius 1 is 0.788 bits per heavy atom. The Hall–Kier alpha value is -1.65. The normalized spacial score (nSPS) is 11.6. The first-order chi connectivity index (χ1) is 15.9. The summed E-state index contributed by atoms with van der Waals surface area (Å²) < 4.78 is 22.4. The molecule has 184 valence electrons. The van der Waals surface area contributed by atoms with E-state index in [1.165, 1.54) is 57.8 Å². The van der Waals surface area contributed by atoms with E-state index in [4.69, 9.17) is 9.26 Å². The summed E-state index contributed by atoms with van der Waals surface area (Å²) in [4.78, 5) is 18.7. The third kappa shape index (κ3) is 10.9. The van der Waals surface area contributed by atoms with Gasteiger partial charge in [-0.1, -0.05) is 101 Å². The van der Waals surface area contributed by atoms with Gasteiger partial charge in [0.05, 0.1) is 6.61 Å². The second kappa shape index (κ2) is 15.3. The van der Waals surface area contributed by atoms with E-state index < -0.39 is 7.82 Å². The fourth-order valence-electron chi connectivity index (χ4n) is 4.15. The minimum atomic E-state index is -4.66. The van der Waals surface area contributed by atoms with Crippen LogP contribution < -0.4 is 4.52 Å². The minimum Gasteiger partial charge on any atom is -0.404 e. The van der Waals surface area contributed by atoms with Gasteiger partial charge in [-0.2, -0.15) is 0 Å². The summed E-state index contributed by atoms with van der Waals surface area (Å²) in [6.07, 6.45) is 13.7. The van der Waals surface area contributed by atoms with Gasteiger partial charge in [-0.25, -0.2) is 4.57 Å². The van der Waals surface area contributed by atoms with Crippen molar-refractivity contribution in [3.8, 4) is 16.9 Å². The molecule has 0 amide bonds. The van der Waals surface area contributed by atoms with Crippen molar-refractivity contribution in [2.45, 2.75) is 84.5 Å². The largest absolute Gasteiger partial charge is 0.524 e. The number of benzene rings is 2. The Balaban J connectivity index is 1.82. The molecule has 0 radical (unpaired) electrons. The van der Waals surface area contributed by atoms with E-state index >= 15 is 0 Å². The van der Waals surface area contributed by atoms with Crippen LogP contribution in [0.1, 0.15) is 82.3 Å². The molecule has 0 heterocycles. The lowest BCUT2D eigenvalue weighted by Crippen LogP contribution is -2.05. The molecule has 2 rings (SSSR count). The van der Waals surface area contributed by atoms with E-state index in [-0.39, 0.29) is 5.75 Å². The van der Waals surface area contributed by atoms with Crippen LogP contribution in [0.3, 0.4) is 0 Å². The van der Waals surface area contributed by atoms with Crippen molar-refractivity contribution >= 4 is 7.82 Å². The molecule has 0 aliphatic heterocycles. The molecule has 0 unspecified atom stereocenters. The topological polar surface area (TPSA) is 76.0 Å². The second-order valence-corrected chi connectivity index (χ2v) is 9.89. The van der Waals surface area contributed by atoms with Crippen LogP contribution in [0.15, 0.2) is 42.5 Å². The molecule has 0 saturated carbocycles. The molecule has 0 aliphatic rings. The average Bonchev–Trinajstić information content (AvgIpc) is 2.78. The molecule has 0 fully saturated rings. The number of hydrogen-bond acceptors (Lipinski definition) is 3. The van der Waals surface area contributed by atoms with E-state index in [1.54, 1.807) is 6.07 Å². The molecule has 6 heteroatoms. The molecular formula is C27H41O5P. The Bertz CT molecular complexity index is 847. The zero-order valence-electron chi connectivity index (χ0n) is 20.3. The van der Waals surface area contributed by atoms with Crippen LogP contribution in [0.25, 0.3) is 11.1 Å². The third-order valence-electron chi connectivity index (χ3n) is 5.93. The van der Waals surface area contributed by atoms with E-state index in [9.17, 15) is 14.4 Å². The van der Waals surface area contributed by atoms with Crippen LogP contribution in [0, 0.1) is 6.92 Å². The number of phosphoric ester groups is 1. The molecule has 0 aromatic heterocycles. The minimum absolute atomic E-state index is 0.199. The van der Waals surface area contributed by atoms with Gasteiger partial charge in [-0.05, 0) is 42.5 Å². The summed E-state index contributed by atoms with van der Waals surface area (Å²) >= 11 is 0. The van der Waals surface area contributed by atoms with Crippen LogP contribution in [0.2, 0.25) is 0 Å². The van der Waals surface area contributed by atoms with E-state index in [0.717, 1.165) is 35.3 Å². The first-order valence-corrected chi connectivity index (χ1v) is 14.0. The van der Waals surface area contributed by atoms with Gasteiger partial charge in [0, 0.05) is 12.2 Å². The highest BCUT2D eigenvalue weighted by atomic mass is 31.2. The van der Waals surface area contributed by atoms with E-state index in [2.05, 4.69) is 6.92 Å². The standard InChI is InChI=1S/C27H41O5P/c1-3-4-5-6-7-8-9-10-11-15-21-31-22-20-25-23(2)18-19-26(32-33(28,29)30)27(25)24-16-13-12-14-17-24/h12-14,16-19H,3-11,15,20-22H2,1-2H3,(H2,28,29,30). The van der Waals surface area contributed by atoms with Crippen molar-refractivity contribution in [2.24, 2.45) is 0 Å². The molecule has 0 aliphatic carbocycles. The van der Waals surface area contributed by atoms with Crippen molar-refractivity contribution in [1.82, 2.24) is 0 Å². The summed E-state index contributed by atoms with van der Waals surface area (Å²) in [5.41, 5.74) is 3.64. The molecule has 2 aromatic carbocycles. The van der Waals surface area contributed by atoms with E-state index in [1.807, 2.05) is 43.3 Å². The van der Waals surface area contributed by atoms with Gasteiger partial charge < -0.3 is 9.26 Å². The van der Waals surface area contributed by atoms with Gasteiger partial charge in [-0.3, -0.25) is 9.79 Å². The molecular weight excluding hydrogens is 435 g/mol. The Labute approximate surface area is 199 Å². The number of hydrogen-bond donors (Lipinski definition) is 2. The second-order valence-electron chi connectivity index (χ2n) is 8.73. The lowest BCUT2D eigenvalue weighted by atomic mass is 9.93. The SMILES string of the molecule is CCCCCCCCCCCCOCCc1c(C)ccc(OP(=O)(O)O)c1-c1ccccc1. The fraction of sp³-hybridized carbons (Fsp3) is 0.556. The zero-order chi connectivity index (χ0) is 23.9. The maximum absolute atomic E-state index is 11.5. The van der Waals surface area contributed by atoms with Crippen LogP contribution >= 0.6 is 7.82 Å². The highest BCUT2D eigenvalue weighted by molar-refractivity contribution is 7.46. The van der Waals surface area contributed by atoms with Crippen molar-refractivity contribution in [3.05, 3.63) is 53.6 Å². The quantitative estimate of drug-likeness (QED) is 0.181. The summed E-state index contributed by atoms with van der Waals surface area (Å²) in [6, 6.07) is 13.1. The smallest absolute Gasteiger partial charge is 0.404 e. The molecule has 5 nitrogen and oxygen atoms in total. The summed E-state index contributed by atoms with van der Waals surface area (Å²) in [6.45, 7) is 5.57. The molecule has 2 N–H and O–H groups in total. The predicted octanol–water partition coefficient (Wildman–Crippen LogP) is 7.61. The summed E-state index contributed by atoms with van der Waals surface area (Å²) in [5.74, 6) is 0.199. The lowest BCUT2D eigenvalue weighted by molar-refractivity contribution is 0.132. The van der Waals surface area contributed by atoms with Crippen molar-refractivity contribution in [1.29, 1.82) is 0 Å². The third-order valence-corrected chi connectivity index (χ3v) is 6.36. The molecule has 0 bridgehead atoms. The highest BCUT2D eigenvalue weighted by Crippen LogP contribution is 2.44. The zero-order valence-corrected chi connectivity index (χ0v) is 21.2. The highest BCUT2D eigenvalue weighted by Gasteiger charge is 2.22. The number of rotatable bonds is 17. The molecule has 0 spiro atoms. The van der Waals surface area contributed by atoms with Gasteiger partial charge >= 0.3 is 7.82 Å². The lowest BCUT2D eigenvalue weighted by Gasteiger charge is -2.18. The summed E-state index contributed by atoms with van der Waals surface area (Å²) in [7, 11) is -4.66. The van der Waals surface area contributed by atoms with Crippen molar-refractivity contribution in [3.63, 3.8) is 0 Å². The van der Waals surface area contributed by atoms with Crippen LogP contribution in [-0.2, 0) is 15.7 Å². The van der Waals surface area contributed by atoms with Gasteiger partial charge in [-0.15, -0.1) is 0 Å². The molecule has 0 saturated heterocycles. The predicted molar refractivity (Wildman–Crippen MR) is 136 cm³/mol. The molecule has 33 heavy (non-hydrogen) atoms. The van der Waals surface area contributed by atoms with E-state index in [0.29, 0.717) is 13.0 Å². The number of phosphoric acid groups is 1. The number of aryl methyl sites for hydroxylation is 1. The average molecular weight is 477 g/mol. The monoisotopic (exact) mass is 476 g/mol. The van der Waals surface area contributed by atoms with Gasteiger partial charge in [0.15, 0.2) is 0 Å². The van der Waals surface area contributed by atoms with Crippen LogP contribution in [0.4, 0.5) is 0 Å². The number of ether oxygens (including phenoxy) is 1. The maximum atomic E-state index is 11.5. The maximum Gasteiger partial charge on any atom is 0.524 e. The van der Waals surface area contributed by atoms with Gasteiger partial charge in [0.2, 0.25) is 0 Å². The first kappa shape index (κ1) is 27.6. The summed E-state index contributed by atoms with van der Waals surface area (Å²) in [5, 5.41) is 0. The molecule has 0 atom stereocenters. The Kier molecular flexibility index (Phi) is 12.8. The van der Waals surface area contributed by atoms with Gasteiger partial charge in [0.25, 0.3) is 0 Å². The Morgan fingerprint density at radius 2 is 1.39 bits per heavy atom. The Morgan fingerprint density at radius 3 is 2.00 bits per heavy atom. The molecule has 2 aromatic rings.